The van der Waals surface area contributed by atoms with Crippen molar-refractivity contribution in [3.63, 3.8) is 0 Å². The highest BCUT2D eigenvalue weighted by Gasteiger charge is 2.49. The van der Waals surface area contributed by atoms with Gasteiger partial charge < -0.3 is 5.32 Å². The molecule has 2 aliphatic rings. The Bertz CT molecular complexity index is 1180. The van der Waals surface area contributed by atoms with E-state index in [0.29, 0.717) is 12.2 Å². The molecule has 1 aliphatic carbocycles. The topological polar surface area (TPSA) is 67.2 Å². The number of amides is 2. The van der Waals surface area contributed by atoms with Crippen molar-refractivity contribution in [2.45, 2.75) is 64.6 Å². The monoisotopic (exact) mass is 448 g/mol. The zero-order chi connectivity index (χ0) is 22.5. The largest absolute Gasteiger partial charge is 0.351 e. The molecule has 0 radical (unpaired) electrons. The molecule has 0 spiro atoms. The number of thiophene rings is 1. The number of aromatic nitrogens is 2. The molecule has 166 valence electrons. The summed E-state index contributed by atoms with van der Waals surface area (Å²) in [5, 5.41) is 9.94. The summed E-state index contributed by atoms with van der Waals surface area (Å²) in [7, 11) is 0. The molecule has 3 heterocycles. The molecule has 2 amide bonds. The molecule has 32 heavy (non-hydrogen) atoms. The molecule has 0 saturated heterocycles. The van der Waals surface area contributed by atoms with Crippen LogP contribution in [0.5, 0.6) is 0 Å². The lowest BCUT2D eigenvalue weighted by molar-refractivity contribution is -0.127. The molecule has 7 heteroatoms. The maximum absolute atomic E-state index is 13.8. The van der Waals surface area contributed by atoms with E-state index in [1.165, 1.54) is 0 Å². The number of rotatable bonds is 4. The fourth-order valence-corrected chi connectivity index (χ4v) is 5.49. The number of benzene rings is 1. The highest BCUT2D eigenvalue weighted by atomic mass is 32.1. The SMILES string of the molecule is Cc1ccc(N2C(=O)c3cc(-c4cccs4)nn3C[C@@]2(C)C(=O)NC2CCCC2)cc1C. The van der Waals surface area contributed by atoms with Gasteiger partial charge in [-0.3, -0.25) is 19.2 Å². The Morgan fingerprint density at radius 3 is 2.62 bits per heavy atom. The predicted octanol–water partition coefficient (Wildman–Crippen LogP) is 4.71. The van der Waals surface area contributed by atoms with Gasteiger partial charge in [-0.05, 0) is 74.4 Å². The lowest BCUT2D eigenvalue weighted by atomic mass is 9.93. The van der Waals surface area contributed by atoms with Crippen LogP contribution in [0.1, 0.15) is 54.2 Å². The van der Waals surface area contributed by atoms with Crippen LogP contribution in [-0.2, 0) is 11.3 Å². The summed E-state index contributed by atoms with van der Waals surface area (Å²) in [6.45, 7) is 6.25. The van der Waals surface area contributed by atoms with Crippen LogP contribution < -0.4 is 10.2 Å². The molecular weight excluding hydrogens is 420 g/mol. The van der Waals surface area contributed by atoms with Crippen molar-refractivity contribution in [2.24, 2.45) is 0 Å². The zero-order valence-electron chi connectivity index (χ0n) is 18.7. The summed E-state index contributed by atoms with van der Waals surface area (Å²) in [5.74, 6) is -0.311. The van der Waals surface area contributed by atoms with E-state index in [4.69, 9.17) is 5.10 Å². The maximum Gasteiger partial charge on any atom is 0.277 e. The van der Waals surface area contributed by atoms with Crippen LogP contribution in [0, 0.1) is 13.8 Å². The van der Waals surface area contributed by atoms with Crippen LogP contribution in [0.3, 0.4) is 0 Å². The van der Waals surface area contributed by atoms with E-state index in [0.717, 1.165) is 53.1 Å². The summed E-state index contributed by atoms with van der Waals surface area (Å²) in [4.78, 5) is 30.2. The van der Waals surface area contributed by atoms with Crippen LogP contribution in [0.15, 0.2) is 41.8 Å². The van der Waals surface area contributed by atoms with Gasteiger partial charge in [0.2, 0.25) is 5.91 Å². The maximum atomic E-state index is 13.8. The van der Waals surface area contributed by atoms with Crippen LogP contribution in [0.25, 0.3) is 10.6 Å². The standard InChI is InChI=1S/C25H28N4O2S/c1-16-10-11-19(13-17(16)2)29-23(30)21-14-20(22-9-6-12-32-22)27-28(21)15-25(29,3)24(31)26-18-7-4-5-8-18/h6,9-14,18H,4-5,7-8,15H2,1-3H3,(H,26,31)/t25-/m0/s1. The Kier molecular flexibility index (Phi) is 5.16. The van der Waals surface area contributed by atoms with E-state index in [1.807, 2.05) is 62.5 Å². The van der Waals surface area contributed by atoms with Gasteiger partial charge in [0.25, 0.3) is 5.91 Å². The van der Waals surface area contributed by atoms with Crippen molar-refractivity contribution in [1.82, 2.24) is 15.1 Å². The summed E-state index contributed by atoms with van der Waals surface area (Å²) in [5.41, 5.74) is 3.19. The molecule has 0 bridgehead atoms. The van der Waals surface area contributed by atoms with Gasteiger partial charge in [0.1, 0.15) is 16.9 Å². The molecule has 6 nitrogen and oxygen atoms in total. The molecule has 0 unspecified atom stereocenters. The van der Waals surface area contributed by atoms with Crippen LogP contribution in [0.2, 0.25) is 0 Å². The second kappa shape index (κ2) is 7.89. The van der Waals surface area contributed by atoms with E-state index >= 15 is 0 Å². The van der Waals surface area contributed by atoms with Gasteiger partial charge in [-0.15, -0.1) is 11.3 Å². The average molecular weight is 449 g/mol. The van der Waals surface area contributed by atoms with E-state index in [-0.39, 0.29) is 17.9 Å². The van der Waals surface area contributed by atoms with Crippen LogP contribution in [-0.4, -0.2) is 33.2 Å². The number of nitrogens with zero attached hydrogens (tertiary/aromatic N) is 3. The summed E-state index contributed by atoms with van der Waals surface area (Å²) < 4.78 is 1.71. The number of fused-ring (bicyclic) bond motifs is 1. The Morgan fingerprint density at radius 2 is 1.94 bits per heavy atom. The molecular formula is C25H28N4O2S. The number of nitrogens with one attached hydrogen (secondary N) is 1. The molecule has 1 aliphatic heterocycles. The third-order valence-electron chi connectivity index (χ3n) is 6.86. The average Bonchev–Trinajstić information content (AvgIpc) is 3.51. The third-order valence-corrected chi connectivity index (χ3v) is 7.75. The molecule has 1 atom stereocenters. The highest BCUT2D eigenvalue weighted by Crippen LogP contribution is 2.36. The van der Waals surface area contributed by atoms with Crippen molar-refractivity contribution in [1.29, 1.82) is 0 Å². The first-order valence-electron chi connectivity index (χ1n) is 11.2. The van der Waals surface area contributed by atoms with Gasteiger partial charge in [-0.25, -0.2) is 0 Å². The molecule has 1 saturated carbocycles. The molecule has 2 aromatic heterocycles. The first kappa shape index (κ1) is 20.9. The quantitative estimate of drug-likeness (QED) is 0.629. The molecule has 5 rings (SSSR count). The Labute approximate surface area is 192 Å². The normalized spacial score (nSPS) is 21.1. The van der Waals surface area contributed by atoms with E-state index < -0.39 is 5.54 Å². The van der Waals surface area contributed by atoms with Crippen molar-refractivity contribution in [3.05, 3.63) is 58.6 Å². The number of hydrogen-bond donors (Lipinski definition) is 1. The lowest BCUT2D eigenvalue weighted by Gasteiger charge is -2.43. The second-order valence-electron chi connectivity index (χ2n) is 9.19. The zero-order valence-corrected chi connectivity index (χ0v) is 19.5. The highest BCUT2D eigenvalue weighted by molar-refractivity contribution is 7.13. The minimum atomic E-state index is -1.08. The van der Waals surface area contributed by atoms with Gasteiger partial charge in [0.05, 0.1) is 11.4 Å². The van der Waals surface area contributed by atoms with Crippen LogP contribution >= 0.6 is 11.3 Å². The van der Waals surface area contributed by atoms with Gasteiger partial charge in [-0.1, -0.05) is 25.0 Å². The van der Waals surface area contributed by atoms with Gasteiger partial charge in [-0.2, -0.15) is 5.10 Å². The molecule has 1 fully saturated rings. The van der Waals surface area contributed by atoms with Crippen molar-refractivity contribution in [3.8, 4) is 10.6 Å². The second-order valence-corrected chi connectivity index (χ2v) is 10.1. The van der Waals surface area contributed by atoms with E-state index in [2.05, 4.69) is 5.32 Å². The number of anilines is 1. The van der Waals surface area contributed by atoms with Crippen molar-refractivity contribution in [2.75, 3.05) is 4.90 Å². The smallest absolute Gasteiger partial charge is 0.277 e. The number of hydrogen-bond acceptors (Lipinski definition) is 4. The fourth-order valence-electron chi connectivity index (χ4n) is 4.81. The summed E-state index contributed by atoms with van der Waals surface area (Å²) in [6.07, 6.45) is 4.26. The van der Waals surface area contributed by atoms with Crippen molar-refractivity contribution < 1.29 is 9.59 Å². The minimum Gasteiger partial charge on any atom is -0.351 e. The van der Waals surface area contributed by atoms with E-state index in [1.54, 1.807) is 20.9 Å². The predicted molar refractivity (Wildman–Crippen MR) is 127 cm³/mol. The number of carbonyl (C=O) groups excluding carboxylic acids is 2. The summed E-state index contributed by atoms with van der Waals surface area (Å²) >= 11 is 1.59. The lowest BCUT2D eigenvalue weighted by Crippen LogP contribution is -2.65. The molecule has 1 aromatic carbocycles. The molecule has 1 N–H and O–H groups in total. The van der Waals surface area contributed by atoms with Crippen LogP contribution in [0.4, 0.5) is 5.69 Å². The van der Waals surface area contributed by atoms with Crippen molar-refractivity contribution >= 4 is 28.8 Å². The van der Waals surface area contributed by atoms with E-state index in [9.17, 15) is 9.59 Å². The van der Waals surface area contributed by atoms with Gasteiger partial charge in [0.15, 0.2) is 0 Å². The number of aryl methyl sites for hydroxylation is 2. The summed E-state index contributed by atoms with van der Waals surface area (Å²) in [6, 6.07) is 11.9. The van der Waals surface area contributed by atoms with Gasteiger partial charge in [0, 0.05) is 11.7 Å². The Balaban J connectivity index is 1.59. The third kappa shape index (κ3) is 3.45. The fraction of sp³-hybridized carbons (Fsp3) is 0.400. The number of carbonyl (C=O) groups is 2. The van der Waals surface area contributed by atoms with Gasteiger partial charge >= 0.3 is 0 Å². The minimum absolute atomic E-state index is 0.116. The first-order valence-corrected chi connectivity index (χ1v) is 12.1. The first-order chi connectivity index (χ1) is 15.4. The molecule has 3 aromatic rings. The Hall–Kier alpha value is -2.93. The Morgan fingerprint density at radius 1 is 1.16 bits per heavy atom.